The van der Waals surface area contributed by atoms with Crippen LogP contribution in [0.4, 0.5) is 11.4 Å². The van der Waals surface area contributed by atoms with E-state index in [0.717, 1.165) is 23.2 Å². The summed E-state index contributed by atoms with van der Waals surface area (Å²) in [7, 11) is 0. The lowest BCUT2D eigenvalue weighted by atomic mass is 10.1. The maximum Gasteiger partial charge on any atom is 0.437 e. The Balaban J connectivity index is 1.45. The number of anilines is 2. The number of nitrogens with one attached hydrogen (secondary N) is 1. The average Bonchev–Trinajstić information content (AvgIpc) is 3.09. The van der Waals surface area contributed by atoms with Gasteiger partial charge in [0.2, 0.25) is 17.7 Å². The minimum Gasteiger partial charge on any atom is -0.388 e. The molecule has 148 valence electrons. The zero-order chi connectivity index (χ0) is 20.2. The topological polar surface area (TPSA) is 97.4 Å². The van der Waals surface area contributed by atoms with Crippen molar-refractivity contribution in [1.82, 2.24) is 9.78 Å². The minimum atomic E-state index is -0.702. The molecule has 1 aliphatic rings. The molecule has 0 spiro atoms. The van der Waals surface area contributed by atoms with Gasteiger partial charge in [0.1, 0.15) is 6.54 Å². The molecule has 0 radical (unpaired) electrons. The fraction of sp³-hybridized carbons (Fsp3) is 0.238. The molecule has 2 heterocycles. The molecule has 1 fully saturated rings. The maximum atomic E-state index is 12.4. The summed E-state index contributed by atoms with van der Waals surface area (Å²) >= 11 is 0. The Morgan fingerprint density at radius 2 is 1.90 bits per heavy atom. The number of benzene rings is 2. The predicted octanol–water partition coefficient (Wildman–Crippen LogP) is 2.66. The molecule has 1 saturated heterocycles. The van der Waals surface area contributed by atoms with Crippen molar-refractivity contribution in [2.24, 2.45) is 0 Å². The van der Waals surface area contributed by atoms with Crippen LogP contribution in [0.5, 0.6) is 0 Å². The van der Waals surface area contributed by atoms with Gasteiger partial charge in [-0.2, -0.15) is 4.68 Å². The molecule has 1 aromatic heterocycles. The quantitative estimate of drug-likeness (QED) is 0.720. The van der Waals surface area contributed by atoms with Gasteiger partial charge in [-0.25, -0.2) is 4.79 Å². The molecule has 0 unspecified atom stereocenters. The van der Waals surface area contributed by atoms with Gasteiger partial charge in [-0.15, -0.1) is 5.10 Å². The van der Waals surface area contributed by atoms with E-state index in [0.29, 0.717) is 24.2 Å². The fourth-order valence-electron chi connectivity index (χ4n) is 3.27. The molecule has 8 nitrogen and oxygen atoms in total. The number of amides is 2. The zero-order valence-corrected chi connectivity index (χ0v) is 15.7. The van der Waals surface area contributed by atoms with Crippen molar-refractivity contribution in [3.05, 3.63) is 65.1 Å². The van der Waals surface area contributed by atoms with Crippen LogP contribution in [-0.2, 0) is 16.1 Å². The van der Waals surface area contributed by atoms with Gasteiger partial charge in [0.15, 0.2) is 0 Å². The van der Waals surface area contributed by atoms with Crippen molar-refractivity contribution in [2.45, 2.75) is 25.8 Å². The standard InChI is InChI=1S/C21H20N4O4/c26-18(14-25-21(28)29-20(23-25)15-7-2-1-3-8-15)22-16-9-6-10-17(13-16)24-12-5-4-11-19(24)27/h1-3,6-10,13H,4-5,11-12,14H2,(H,22,26). The van der Waals surface area contributed by atoms with Crippen molar-refractivity contribution in [3.63, 3.8) is 0 Å². The van der Waals surface area contributed by atoms with Crippen molar-refractivity contribution in [1.29, 1.82) is 0 Å². The van der Waals surface area contributed by atoms with Gasteiger partial charge >= 0.3 is 5.76 Å². The second-order valence-corrected chi connectivity index (χ2v) is 6.80. The molecule has 3 aromatic rings. The summed E-state index contributed by atoms with van der Waals surface area (Å²) in [5, 5.41) is 6.83. The molecule has 0 atom stereocenters. The highest BCUT2D eigenvalue weighted by Gasteiger charge is 2.20. The van der Waals surface area contributed by atoms with E-state index in [-0.39, 0.29) is 18.3 Å². The number of carbonyl (C=O) groups excluding carboxylic acids is 2. The van der Waals surface area contributed by atoms with Gasteiger partial charge in [0.05, 0.1) is 0 Å². The lowest BCUT2D eigenvalue weighted by Crippen LogP contribution is -2.35. The number of aromatic nitrogens is 2. The Labute approximate surface area is 166 Å². The third kappa shape index (κ3) is 4.26. The molecule has 2 aromatic carbocycles. The lowest BCUT2D eigenvalue weighted by Gasteiger charge is -2.27. The second kappa shape index (κ2) is 8.14. The van der Waals surface area contributed by atoms with Crippen LogP contribution < -0.4 is 16.0 Å². The Hall–Kier alpha value is -3.68. The zero-order valence-electron chi connectivity index (χ0n) is 15.7. The van der Waals surface area contributed by atoms with Gasteiger partial charge in [-0.1, -0.05) is 24.3 Å². The smallest absolute Gasteiger partial charge is 0.388 e. The normalized spacial score (nSPS) is 14.1. The van der Waals surface area contributed by atoms with E-state index in [2.05, 4.69) is 10.4 Å². The summed E-state index contributed by atoms with van der Waals surface area (Å²) in [6.07, 6.45) is 2.40. The summed E-state index contributed by atoms with van der Waals surface area (Å²) in [6, 6.07) is 16.1. The van der Waals surface area contributed by atoms with E-state index in [4.69, 9.17) is 4.42 Å². The summed E-state index contributed by atoms with van der Waals surface area (Å²) in [4.78, 5) is 38.2. The van der Waals surface area contributed by atoms with E-state index in [1.807, 2.05) is 12.1 Å². The van der Waals surface area contributed by atoms with E-state index in [1.165, 1.54) is 0 Å². The first kappa shape index (κ1) is 18.7. The highest BCUT2D eigenvalue weighted by atomic mass is 16.4. The molecule has 8 heteroatoms. The highest BCUT2D eigenvalue weighted by Crippen LogP contribution is 2.24. The highest BCUT2D eigenvalue weighted by molar-refractivity contribution is 5.96. The van der Waals surface area contributed by atoms with Gasteiger partial charge in [-0.3, -0.25) is 9.59 Å². The third-order valence-electron chi connectivity index (χ3n) is 4.69. The number of hydrogen-bond donors (Lipinski definition) is 1. The molecular weight excluding hydrogens is 372 g/mol. The predicted molar refractivity (Wildman–Crippen MR) is 107 cm³/mol. The number of nitrogens with zero attached hydrogens (tertiary/aromatic N) is 3. The molecule has 1 N–H and O–H groups in total. The van der Waals surface area contributed by atoms with Crippen molar-refractivity contribution in [2.75, 3.05) is 16.8 Å². The van der Waals surface area contributed by atoms with Gasteiger partial charge < -0.3 is 14.6 Å². The molecule has 29 heavy (non-hydrogen) atoms. The Bertz CT molecular complexity index is 1090. The largest absolute Gasteiger partial charge is 0.437 e. The van der Waals surface area contributed by atoms with E-state index >= 15 is 0 Å². The number of hydrogen-bond acceptors (Lipinski definition) is 5. The molecule has 1 aliphatic heterocycles. The first-order chi connectivity index (χ1) is 14.1. The van der Waals surface area contributed by atoms with Crippen LogP contribution in [0.25, 0.3) is 11.5 Å². The van der Waals surface area contributed by atoms with Crippen molar-refractivity contribution in [3.8, 4) is 11.5 Å². The van der Waals surface area contributed by atoms with Gasteiger partial charge in [0.25, 0.3) is 0 Å². The van der Waals surface area contributed by atoms with Crippen molar-refractivity contribution < 1.29 is 14.0 Å². The number of carbonyl (C=O) groups is 2. The molecular formula is C21H20N4O4. The van der Waals surface area contributed by atoms with E-state index < -0.39 is 11.7 Å². The third-order valence-corrected chi connectivity index (χ3v) is 4.69. The molecule has 4 rings (SSSR count). The monoisotopic (exact) mass is 392 g/mol. The van der Waals surface area contributed by atoms with Crippen LogP contribution >= 0.6 is 0 Å². The van der Waals surface area contributed by atoms with Crippen LogP contribution in [0.1, 0.15) is 19.3 Å². The Morgan fingerprint density at radius 1 is 1.07 bits per heavy atom. The second-order valence-electron chi connectivity index (χ2n) is 6.80. The van der Waals surface area contributed by atoms with Gasteiger partial charge in [0, 0.05) is 29.9 Å². The van der Waals surface area contributed by atoms with Crippen molar-refractivity contribution >= 4 is 23.2 Å². The lowest BCUT2D eigenvalue weighted by molar-refractivity contribution is -0.119. The van der Waals surface area contributed by atoms with Crippen LogP contribution in [-0.4, -0.2) is 28.1 Å². The SMILES string of the molecule is O=C(Cn1nc(-c2ccccc2)oc1=O)Nc1cccc(N2CCCCC2=O)c1. The van der Waals surface area contributed by atoms with Crippen LogP contribution in [0, 0.1) is 0 Å². The average molecular weight is 392 g/mol. The molecule has 0 bridgehead atoms. The molecule has 0 saturated carbocycles. The molecule has 0 aliphatic carbocycles. The number of rotatable bonds is 5. The first-order valence-electron chi connectivity index (χ1n) is 9.44. The van der Waals surface area contributed by atoms with Gasteiger partial charge in [-0.05, 0) is 43.2 Å². The summed E-state index contributed by atoms with van der Waals surface area (Å²) in [5.74, 6) is -0.870. The fourth-order valence-corrected chi connectivity index (χ4v) is 3.27. The summed E-state index contributed by atoms with van der Waals surface area (Å²) in [5.41, 5.74) is 1.95. The minimum absolute atomic E-state index is 0.0855. The molecule has 2 amide bonds. The van der Waals surface area contributed by atoms with E-state index in [1.54, 1.807) is 47.4 Å². The Kier molecular flexibility index (Phi) is 5.24. The van der Waals surface area contributed by atoms with E-state index in [9.17, 15) is 14.4 Å². The first-order valence-corrected chi connectivity index (χ1v) is 9.44. The maximum absolute atomic E-state index is 12.4. The van der Waals surface area contributed by atoms with Crippen LogP contribution in [0.15, 0.2) is 63.8 Å². The number of piperidine rings is 1. The van der Waals surface area contributed by atoms with Crippen LogP contribution in [0.2, 0.25) is 0 Å². The summed E-state index contributed by atoms with van der Waals surface area (Å²) in [6.45, 7) is 0.398. The Morgan fingerprint density at radius 3 is 2.69 bits per heavy atom. The van der Waals surface area contributed by atoms with Crippen LogP contribution in [0.3, 0.4) is 0 Å². The summed E-state index contributed by atoms with van der Waals surface area (Å²) < 4.78 is 6.12.